The predicted octanol–water partition coefficient (Wildman–Crippen LogP) is 3.12. The summed E-state index contributed by atoms with van der Waals surface area (Å²) >= 11 is 0. The third kappa shape index (κ3) is 2.60. The van der Waals surface area contributed by atoms with Crippen LogP contribution in [0.5, 0.6) is 0 Å². The number of aliphatic hydroxyl groups is 1. The summed E-state index contributed by atoms with van der Waals surface area (Å²) in [5, 5.41) is 9.72. The highest BCUT2D eigenvalue weighted by atomic mass is 19.1. The Morgan fingerprint density at radius 3 is 2.59 bits per heavy atom. The Morgan fingerprint density at radius 2 is 2.00 bits per heavy atom. The summed E-state index contributed by atoms with van der Waals surface area (Å²) in [6.07, 6.45) is 1.56. The van der Waals surface area contributed by atoms with Gasteiger partial charge in [-0.05, 0) is 31.7 Å². The third-order valence-corrected chi connectivity index (χ3v) is 3.57. The molecule has 0 aliphatic carbocycles. The zero-order valence-electron chi connectivity index (χ0n) is 10.5. The molecule has 0 radical (unpaired) electrons. The van der Waals surface area contributed by atoms with Gasteiger partial charge in [-0.15, -0.1) is 0 Å². The molecule has 0 unspecified atom stereocenters. The molecule has 1 aliphatic heterocycles. The van der Waals surface area contributed by atoms with Crippen LogP contribution in [0.1, 0.15) is 38.4 Å². The van der Waals surface area contributed by atoms with E-state index in [0.717, 1.165) is 25.9 Å². The summed E-state index contributed by atoms with van der Waals surface area (Å²) in [5.74, 6) is 0.492. The lowest BCUT2D eigenvalue weighted by atomic mass is 9.97. The van der Waals surface area contributed by atoms with Crippen molar-refractivity contribution in [3.63, 3.8) is 0 Å². The van der Waals surface area contributed by atoms with Crippen LogP contribution >= 0.6 is 0 Å². The molecule has 1 atom stereocenters. The lowest BCUT2D eigenvalue weighted by molar-refractivity contribution is 0.199. The molecular formula is C14H20FNO. The second kappa shape index (κ2) is 5.05. The highest BCUT2D eigenvalue weighted by Gasteiger charge is 2.22. The quantitative estimate of drug-likeness (QED) is 0.854. The van der Waals surface area contributed by atoms with Crippen LogP contribution in [0.25, 0.3) is 0 Å². The number of para-hydroxylation sites is 1. The number of rotatable bonds is 2. The molecule has 94 valence electrons. The van der Waals surface area contributed by atoms with Crippen LogP contribution in [0.15, 0.2) is 18.2 Å². The number of nitrogens with zero attached hydrogens (tertiary/aromatic N) is 1. The molecule has 17 heavy (non-hydrogen) atoms. The molecule has 0 amide bonds. The fourth-order valence-corrected chi connectivity index (χ4v) is 2.43. The highest BCUT2D eigenvalue weighted by molar-refractivity contribution is 5.56. The average Bonchev–Trinajstić information content (AvgIpc) is 2.30. The summed E-state index contributed by atoms with van der Waals surface area (Å²) in [6, 6.07) is 4.94. The SMILES string of the molecule is CC1CCN(c2c(F)cccc2[C@H](C)O)CC1. The fraction of sp³-hybridized carbons (Fsp3) is 0.571. The summed E-state index contributed by atoms with van der Waals surface area (Å²) in [6.45, 7) is 5.67. The van der Waals surface area contributed by atoms with E-state index in [1.54, 1.807) is 19.1 Å². The summed E-state index contributed by atoms with van der Waals surface area (Å²) in [5.41, 5.74) is 1.29. The summed E-state index contributed by atoms with van der Waals surface area (Å²) < 4.78 is 13.9. The standard InChI is InChI=1S/C14H20FNO/c1-10-6-8-16(9-7-10)14-12(11(2)17)4-3-5-13(14)15/h3-5,10-11,17H,6-9H2,1-2H3/t11-/m0/s1. The van der Waals surface area contributed by atoms with E-state index in [9.17, 15) is 9.50 Å². The summed E-state index contributed by atoms with van der Waals surface area (Å²) in [4.78, 5) is 2.07. The van der Waals surface area contributed by atoms with E-state index in [1.165, 1.54) is 6.07 Å². The summed E-state index contributed by atoms with van der Waals surface area (Å²) in [7, 11) is 0. The molecular weight excluding hydrogens is 217 g/mol. The minimum absolute atomic E-state index is 0.224. The van der Waals surface area contributed by atoms with Crippen molar-refractivity contribution in [2.45, 2.75) is 32.8 Å². The molecule has 3 heteroatoms. The molecule has 2 rings (SSSR count). The molecule has 1 aromatic rings. The van der Waals surface area contributed by atoms with E-state index in [2.05, 4.69) is 11.8 Å². The highest BCUT2D eigenvalue weighted by Crippen LogP contribution is 2.32. The van der Waals surface area contributed by atoms with Gasteiger partial charge in [-0.25, -0.2) is 4.39 Å². The maximum absolute atomic E-state index is 13.9. The van der Waals surface area contributed by atoms with E-state index in [-0.39, 0.29) is 5.82 Å². The van der Waals surface area contributed by atoms with Crippen molar-refractivity contribution in [2.24, 2.45) is 5.92 Å². The molecule has 0 bridgehead atoms. The Kier molecular flexibility index (Phi) is 3.67. The van der Waals surface area contributed by atoms with E-state index in [1.807, 2.05) is 0 Å². The van der Waals surface area contributed by atoms with Gasteiger partial charge in [-0.1, -0.05) is 19.1 Å². The second-order valence-electron chi connectivity index (χ2n) is 5.02. The molecule has 1 N–H and O–H groups in total. The molecule has 1 heterocycles. The van der Waals surface area contributed by atoms with Crippen molar-refractivity contribution in [2.75, 3.05) is 18.0 Å². The van der Waals surface area contributed by atoms with Gasteiger partial charge in [-0.3, -0.25) is 0 Å². The first-order chi connectivity index (χ1) is 8.09. The number of hydrogen-bond donors (Lipinski definition) is 1. The molecule has 1 saturated heterocycles. The third-order valence-electron chi connectivity index (χ3n) is 3.57. The van der Waals surface area contributed by atoms with Gasteiger partial charge in [-0.2, -0.15) is 0 Å². The Balaban J connectivity index is 2.30. The van der Waals surface area contributed by atoms with Crippen LogP contribution in [0.4, 0.5) is 10.1 Å². The first-order valence-electron chi connectivity index (χ1n) is 6.31. The molecule has 0 aromatic heterocycles. The van der Waals surface area contributed by atoms with Crippen molar-refractivity contribution >= 4 is 5.69 Å². The fourth-order valence-electron chi connectivity index (χ4n) is 2.43. The van der Waals surface area contributed by atoms with Gasteiger partial charge in [0.05, 0.1) is 11.8 Å². The lowest BCUT2D eigenvalue weighted by Crippen LogP contribution is -2.34. The van der Waals surface area contributed by atoms with Gasteiger partial charge in [0, 0.05) is 18.7 Å². The average molecular weight is 237 g/mol. The molecule has 1 aromatic carbocycles. The zero-order chi connectivity index (χ0) is 12.4. The van der Waals surface area contributed by atoms with E-state index >= 15 is 0 Å². The van der Waals surface area contributed by atoms with Crippen molar-refractivity contribution in [3.8, 4) is 0 Å². The normalized spacial score (nSPS) is 19.4. The minimum Gasteiger partial charge on any atom is -0.389 e. The van der Waals surface area contributed by atoms with Crippen LogP contribution in [-0.4, -0.2) is 18.2 Å². The maximum Gasteiger partial charge on any atom is 0.146 e. The number of hydrogen-bond acceptors (Lipinski definition) is 2. The Bertz CT molecular complexity index is 384. The van der Waals surface area contributed by atoms with Gasteiger partial charge in [0.1, 0.15) is 5.82 Å². The molecule has 0 spiro atoms. The second-order valence-corrected chi connectivity index (χ2v) is 5.02. The molecule has 1 fully saturated rings. The molecule has 1 aliphatic rings. The molecule has 0 saturated carbocycles. The lowest BCUT2D eigenvalue weighted by Gasteiger charge is -2.34. The number of piperidine rings is 1. The smallest absolute Gasteiger partial charge is 0.146 e. The van der Waals surface area contributed by atoms with Crippen molar-refractivity contribution < 1.29 is 9.50 Å². The van der Waals surface area contributed by atoms with E-state index < -0.39 is 6.10 Å². The van der Waals surface area contributed by atoms with Gasteiger partial charge in [0.15, 0.2) is 0 Å². The van der Waals surface area contributed by atoms with Crippen LogP contribution in [0.2, 0.25) is 0 Å². The van der Waals surface area contributed by atoms with Crippen molar-refractivity contribution in [3.05, 3.63) is 29.6 Å². The monoisotopic (exact) mass is 237 g/mol. The van der Waals surface area contributed by atoms with Gasteiger partial charge in [0.2, 0.25) is 0 Å². The van der Waals surface area contributed by atoms with Gasteiger partial charge in [0.25, 0.3) is 0 Å². The maximum atomic E-state index is 13.9. The van der Waals surface area contributed by atoms with Gasteiger partial charge < -0.3 is 10.0 Å². The Labute approximate surface area is 102 Å². The largest absolute Gasteiger partial charge is 0.389 e. The van der Waals surface area contributed by atoms with Crippen LogP contribution in [0, 0.1) is 11.7 Å². The number of halogens is 1. The number of benzene rings is 1. The Morgan fingerprint density at radius 1 is 1.35 bits per heavy atom. The van der Waals surface area contributed by atoms with Gasteiger partial charge >= 0.3 is 0 Å². The zero-order valence-corrected chi connectivity index (χ0v) is 10.5. The van der Waals surface area contributed by atoms with E-state index in [4.69, 9.17) is 0 Å². The number of anilines is 1. The van der Waals surface area contributed by atoms with Crippen LogP contribution < -0.4 is 4.90 Å². The molecule has 2 nitrogen and oxygen atoms in total. The Hall–Kier alpha value is -1.09. The number of aliphatic hydroxyl groups excluding tert-OH is 1. The first kappa shape index (κ1) is 12.4. The van der Waals surface area contributed by atoms with Crippen molar-refractivity contribution in [1.82, 2.24) is 0 Å². The van der Waals surface area contributed by atoms with Crippen molar-refractivity contribution in [1.29, 1.82) is 0 Å². The topological polar surface area (TPSA) is 23.5 Å². The van der Waals surface area contributed by atoms with Crippen LogP contribution in [0.3, 0.4) is 0 Å². The predicted molar refractivity (Wildman–Crippen MR) is 67.6 cm³/mol. The first-order valence-corrected chi connectivity index (χ1v) is 6.31. The van der Waals surface area contributed by atoms with Crippen LogP contribution in [-0.2, 0) is 0 Å². The minimum atomic E-state index is -0.625. The van der Waals surface area contributed by atoms with E-state index in [0.29, 0.717) is 17.2 Å².